The van der Waals surface area contributed by atoms with Gasteiger partial charge >= 0.3 is 5.97 Å². The van der Waals surface area contributed by atoms with Gasteiger partial charge in [-0.3, -0.25) is 4.79 Å². The third kappa shape index (κ3) is 3.73. The zero-order chi connectivity index (χ0) is 16.1. The average Bonchev–Trinajstić information content (AvgIpc) is 2.49. The summed E-state index contributed by atoms with van der Waals surface area (Å²) in [5.41, 5.74) is 0. The van der Waals surface area contributed by atoms with E-state index in [0.29, 0.717) is 5.75 Å². The number of carbonyl (C=O) groups excluding carboxylic acids is 1. The summed E-state index contributed by atoms with van der Waals surface area (Å²) >= 11 is 0. The zero-order valence-corrected chi connectivity index (χ0v) is 12.0. The second-order valence-electron chi connectivity index (χ2n) is 4.89. The van der Waals surface area contributed by atoms with Gasteiger partial charge in [-0.05, 0) is 18.4 Å². The molecule has 0 saturated heterocycles. The van der Waals surface area contributed by atoms with Crippen LogP contribution in [0, 0.1) is 0 Å². The molecular formula is C16H17NO5. The molecule has 0 aliphatic rings. The van der Waals surface area contributed by atoms with Gasteiger partial charge in [0.2, 0.25) is 0 Å². The number of ether oxygens (including phenoxy) is 1. The number of nitrogens with one attached hydrogen (secondary N) is 1. The van der Waals surface area contributed by atoms with Gasteiger partial charge in [0, 0.05) is 5.39 Å². The smallest absolute Gasteiger partial charge is 0.328 e. The van der Waals surface area contributed by atoms with Crippen LogP contribution >= 0.6 is 0 Å². The molecule has 2 aromatic rings. The number of carboxylic acid groups (broad SMARTS) is 1. The Labute approximate surface area is 127 Å². The van der Waals surface area contributed by atoms with Gasteiger partial charge in [0.1, 0.15) is 5.75 Å². The molecule has 6 nitrogen and oxygen atoms in total. The van der Waals surface area contributed by atoms with Crippen molar-refractivity contribution >= 4 is 22.6 Å². The summed E-state index contributed by atoms with van der Waals surface area (Å²) in [5.74, 6) is -1.37. The van der Waals surface area contributed by atoms with Crippen LogP contribution in [0.1, 0.15) is 6.92 Å². The maximum Gasteiger partial charge on any atom is 0.328 e. The highest BCUT2D eigenvalue weighted by Gasteiger charge is 2.25. The molecule has 0 radical (unpaired) electrons. The van der Waals surface area contributed by atoms with E-state index in [4.69, 9.17) is 9.84 Å². The van der Waals surface area contributed by atoms with Gasteiger partial charge in [-0.2, -0.15) is 0 Å². The van der Waals surface area contributed by atoms with Crippen LogP contribution in [0.15, 0.2) is 42.5 Å². The van der Waals surface area contributed by atoms with Gasteiger partial charge in [0.15, 0.2) is 12.6 Å². The highest BCUT2D eigenvalue weighted by atomic mass is 16.5. The number of aliphatic carboxylic acids is 1. The number of rotatable bonds is 6. The molecule has 2 rings (SSSR count). The minimum absolute atomic E-state index is 0.329. The summed E-state index contributed by atoms with van der Waals surface area (Å²) in [7, 11) is 0. The number of hydrogen-bond acceptors (Lipinski definition) is 4. The highest BCUT2D eigenvalue weighted by Crippen LogP contribution is 2.24. The third-order valence-electron chi connectivity index (χ3n) is 3.17. The number of fused-ring (bicyclic) bond motifs is 1. The third-order valence-corrected chi connectivity index (χ3v) is 3.17. The lowest BCUT2D eigenvalue weighted by molar-refractivity contribution is -0.145. The molecule has 0 heterocycles. The van der Waals surface area contributed by atoms with Crippen molar-refractivity contribution < 1.29 is 24.5 Å². The maximum absolute atomic E-state index is 11.8. The molecule has 22 heavy (non-hydrogen) atoms. The van der Waals surface area contributed by atoms with Gasteiger partial charge < -0.3 is 20.3 Å². The molecule has 2 aromatic carbocycles. The molecule has 3 N–H and O–H groups in total. The fourth-order valence-electron chi connectivity index (χ4n) is 2.07. The number of aliphatic hydroxyl groups excluding tert-OH is 1. The Kier molecular flexibility index (Phi) is 4.95. The van der Waals surface area contributed by atoms with Crippen LogP contribution in [0.5, 0.6) is 5.75 Å². The minimum Gasteiger partial charge on any atom is -0.483 e. The Morgan fingerprint density at radius 2 is 1.86 bits per heavy atom. The van der Waals surface area contributed by atoms with Gasteiger partial charge in [0.05, 0.1) is 6.10 Å². The monoisotopic (exact) mass is 303 g/mol. The second kappa shape index (κ2) is 6.91. The zero-order valence-electron chi connectivity index (χ0n) is 12.0. The molecule has 0 aromatic heterocycles. The van der Waals surface area contributed by atoms with E-state index < -0.39 is 24.0 Å². The van der Waals surface area contributed by atoms with Crippen molar-refractivity contribution in [2.24, 2.45) is 0 Å². The van der Waals surface area contributed by atoms with Crippen LogP contribution in [0.25, 0.3) is 10.8 Å². The van der Waals surface area contributed by atoms with Crippen LogP contribution in [-0.2, 0) is 9.59 Å². The lowest BCUT2D eigenvalue weighted by Crippen LogP contribution is -2.49. The Balaban J connectivity index is 2.03. The molecule has 0 fully saturated rings. The molecule has 1 amide bonds. The summed E-state index contributed by atoms with van der Waals surface area (Å²) in [6.07, 6.45) is -1.20. The van der Waals surface area contributed by atoms with Gasteiger partial charge in [-0.15, -0.1) is 0 Å². The maximum atomic E-state index is 11.8. The van der Waals surface area contributed by atoms with Gasteiger partial charge in [-0.1, -0.05) is 36.4 Å². The Morgan fingerprint density at radius 1 is 1.18 bits per heavy atom. The molecule has 0 spiro atoms. The largest absolute Gasteiger partial charge is 0.483 e. The Hall–Kier alpha value is -2.60. The van der Waals surface area contributed by atoms with E-state index in [1.165, 1.54) is 6.92 Å². The molecule has 0 bridgehead atoms. The SMILES string of the molecule is CC(O)C(NC(=O)COc1cccc2ccccc12)C(=O)O. The normalized spacial score (nSPS) is 13.4. The summed E-state index contributed by atoms with van der Waals surface area (Å²) in [4.78, 5) is 22.7. The van der Waals surface area contributed by atoms with E-state index in [-0.39, 0.29) is 6.61 Å². The van der Waals surface area contributed by atoms with Crippen LogP contribution < -0.4 is 10.1 Å². The van der Waals surface area contributed by atoms with Crippen molar-refractivity contribution in [3.63, 3.8) is 0 Å². The van der Waals surface area contributed by atoms with Crippen LogP contribution in [-0.4, -0.2) is 40.8 Å². The van der Waals surface area contributed by atoms with E-state index in [0.717, 1.165) is 10.8 Å². The van der Waals surface area contributed by atoms with Crippen molar-refractivity contribution in [1.82, 2.24) is 5.32 Å². The first-order valence-corrected chi connectivity index (χ1v) is 6.80. The summed E-state index contributed by atoms with van der Waals surface area (Å²) in [5, 5.41) is 22.3. The van der Waals surface area contributed by atoms with Crippen molar-refractivity contribution in [2.45, 2.75) is 19.1 Å². The van der Waals surface area contributed by atoms with E-state index in [2.05, 4.69) is 5.32 Å². The minimum atomic E-state index is -1.36. The van der Waals surface area contributed by atoms with Crippen molar-refractivity contribution in [3.8, 4) is 5.75 Å². The van der Waals surface area contributed by atoms with Crippen molar-refractivity contribution in [2.75, 3.05) is 6.61 Å². The lowest BCUT2D eigenvalue weighted by Gasteiger charge is -2.17. The van der Waals surface area contributed by atoms with E-state index in [9.17, 15) is 14.7 Å². The molecule has 0 aliphatic carbocycles. The quantitative estimate of drug-likeness (QED) is 0.744. The topological polar surface area (TPSA) is 95.9 Å². The molecular weight excluding hydrogens is 286 g/mol. The Bertz CT molecular complexity index is 678. The highest BCUT2D eigenvalue weighted by molar-refractivity contribution is 5.89. The van der Waals surface area contributed by atoms with Crippen LogP contribution in [0.4, 0.5) is 0 Å². The molecule has 6 heteroatoms. The summed E-state index contributed by atoms with van der Waals surface area (Å²) < 4.78 is 5.45. The van der Waals surface area contributed by atoms with Crippen molar-refractivity contribution in [3.05, 3.63) is 42.5 Å². The molecule has 2 atom stereocenters. The second-order valence-corrected chi connectivity index (χ2v) is 4.89. The fraction of sp³-hybridized carbons (Fsp3) is 0.250. The number of amides is 1. The lowest BCUT2D eigenvalue weighted by atomic mass is 10.1. The molecule has 116 valence electrons. The first kappa shape index (κ1) is 15.8. The predicted molar refractivity (Wildman–Crippen MR) is 80.7 cm³/mol. The summed E-state index contributed by atoms with van der Waals surface area (Å²) in [6.45, 7) is 0.967. The number of hydrogen-bond donors (Lipinski definition) is 3. The summed E-state index contributed by atoms with van der Waals surface area (Å²) in [6, 6.07) is 11.7. The average molecular weight is 303 g/mol. The fourth-order valence-corrected chi connectivity index (χ4v) is 2.07. The standard InChI is InChI=1S/C16H17NO5/c1-10(18)15(16(20)21)17-14(19)9-22-13-8-4-6-11-5-2-3-7-12(11)13/h2-8,10,15,18H,9H2,1H3,(H,17,19)(H,20,21). The van der Waals surface area contributed by atoms with Gasteiger partial charge in [-0.25, -0.2) is 4.79 Å². The molecule has 0 saturated carbocycles. The first-order chi connectivity index (χ1) is 10.5. The van der Waals surface area contributed by atoms with Gasteiger partial charge in [0.25, 0.3) is 5.91 Å². The Morgan fingerprint density at radius 3 is 2.55 bits per heavy atom. The first-order valence-electron chi connectivity index (χ1n) is 6.80. The number of aliphatic hydroxyl groups is 1. The predicted octanol–water partition coefficient (Wildman–Crippen LogP) is 1.17. The number of carboxylic acids is 1. The van der Waals surface area contributed by atoms with Crippen molar-refractivity contribution in [1.29, 1.82) is 0 Å². The van der Waals surface area contributed by atoms with E-state index in [1.54, 1.807) is 6.07 Å². The molecule has 0 aliphatic heterocycles. The number of benzene rings is 2. The molecule has 2 unspecified atom stereocenters. The number of carbonyl (C=O) groups is 2. The van der Waals surface area contributed by atoms with Crippen LogP contribution in [0.3, 0.4) is 0 Å². The van der Waals surface area contributed by atoms with Crippen LogP contribution in [0.2, 0.25) is 0 Å². The van der Waals surface area contributed by atoms with E-state index >= 15 is 0 Å². The van der Waals surface area contributed by atoms with E-state index in [1.807, 2.05) is 36.4 Å².